The van der Waals surface area contributed by atoms with Crippen LogP contribution in [0.1, 0.15) is 0 Å². The fourth-order valence-electron chi connectivity index (χ4n) is 1.28. The minimum atomic E-state index is -2.35. The van der Waals surface area contributed by atoms with E-state index in [1.54, 1.807) is 25.5 Å². The number of nitrogens with zero attached hydrogens (tertiary/aromatic N) is 2. The van der Waals surface area contributed by atoms with Crippen molar-refractivity contribution >= 4 is 29.1 Å². The summed E-state index contributed by atoms with van der Waals surface area (Å²) in [4.78, 5) is 6.30. The van der Waals surface area contributed by atoms with Crippen molar-refractivity contribution in [1.29, 1.82) is 0 Å². The smallest absolute Gasteiger partial charge is 0.146 e. The quantitative estimate of drug-likeness (QED) is 0.455. The van der Waals surface area contributed by atoms with Gasteiger partial charge in [-0.1, -0.05) is 11.4 Å². The van der Waals surface area contributed by atoms with Gasteiger partial charge in [-0.05, 0) is 39.2 Å². The fourth-order valence-corrected chi connectivity index (χ4v) is 2.68. The van der Waals surface area contributed by atoms with Gasteiger partial charge in [0, 0.05) is 0 Å². The first-order valence-corrected chi connectivity index (χ1v) is 8.51. The SMILES string of the molecule is CN(C)c1nc(-c2ccc(P(C)(C)=O)o2)[c-]s1.[Md]. The molecule has 0 spiro atoms. The zero-order chi connectivity index (χ0) is 12.6. The zero-order valence-corrected chi connectivity index (χ0v) is 14.5. The maximum Gasteiger partial charge on any atom is 0.146 e. The summed E-state index contributed by atoms with van der Waals surface area (Å²) in [5, 5.41) is 3.94. The fraction of sp³-hybridized carbons (Fsp3) is 0.364. The molecule has 7 heteroatoms. The van der Waals surface area contributed by atoms with Crippen LogP contribution >= 0.6 is 18.5 Å². The minimum absolute atomic E-state index is 0. The van der Waals surface area contributed by atoms with E-state index < -0.39 is 7.14 Å². The largest absolute Gasteiger partial charge is 0.511 e. The molecule has 0 fully saturated rings. The molecule has 0 aliphatic rings. The second-order valence-electron chi connectivity index (χ2n) is 4.33. The summed E-state index contributed by atoms with van der Waals surface area (Å²) in [6.07, 6.45) is 0. The first-order chi connectivity index (χ1) is 7.88. The second kappa shape index (κ2) is 4.67. The third-order valence-corrected chi connectivity index (χ3v) is 4.42. The van der Waals surface area contributed by atoms with E-state index in [0.717, 1.165) is 5.13 Å². The number of hydrogen-bond acceptors (Lipinski definition) is 5. The predicted octanol–water partition coefficient (Wildman–Crippen LogP) is 2.52. The van der Waals surface area contributed by atoms with E-state index >= 15 is 0 Å². The van der Waals surface area contributed by atoms with Crippen LogP contribution in [0.5, 0.6) is 0 Å². The molecule has 0 saturated carbocycles. The van der Waals surface area contributed by atoms with Gasteiger partial charge in [0.05, 0.1) is 10.9 Å². The van der Waals surface area contributed by atoms with E-state index in [1.165, 1.54) is 11.3 Å². The van der Waals surface area contributed by atoms with Crippen molar-refractivity contribution in [1.82, 2.24) is 4.98 Å². The van der Waals surface area contributed by atoms with Gasteiger partial charge in [0.2, 0.25) is 0 Å². The van der Waals surface area contributed by atoms with E-state index in [1.807, 2.05) is 19.0 Å². The van der Waals surface area contributed by atoms with E-state index in [0.29, 0.717) is 17.0 Å². The third kappa shape index (κ3) is 2.60. The molecule has 0 aliphatic carbocycles. The van der Waals surface area contributed by atoms with Gasteiger partial charge in [-0.3, -0.25) is 0 Å². The van der Waals surface area contributed by atoms with Gasteiger partial charge in [-0.25, -0.2) is 11.3 Å². The van der Waals surface area contributed by atoms with Gasteiger partial charge < -0.3 is 18.9 Å². The Kier molecular flexibility index (Phi) is 3.63. The first-order valence-electron chi connectivity index (χ1n) is 5.09. The first kappa shape index (κ1) is 14.0. The Labute approximate surface area is 105 Å². The molecule has 2 heterocycles. The van der Waals surface area contributed by atoms with Gasteiger partial charge >= 0.3 is 0 Å². The van der Waals surface area contributed by atoms with Gasteiger partial charge in [0.25, 0.3) is 0 Å². The van der Waals surface area contributed by atoms with Crippen LogP contribution in [0, 0.1) is 5.38 Å². The monoisotopic (exact) mass is 527 g/mol. The van der Waals surface area contributed by atoms with Crippen LogP contribution in [0.3, 0.4) is 0 Å². The van der Waals surface area contributed by atoms with Crippen molar-refractivity contribution in [3.05, 3.63) is 17.5 Å². The van der Waals surface area contributed by atoms with Crippen molar-refractivity contribution in [2.75, 3.05) is 32.3 Å². The van der Waals surface area contributed by atoms with Crippen molar-refractivity contribution in [2.24, 2.45) is 0 Å². The van der Waals surface area contributed by atoms with E-state index in [2.05, 4.69) is 10.4 Å². The molecule has 0 saturated heterocycles. The molecular weight excluding hydrogens is 513 g/mol. The number of aromatic nitrogens is 1. The van der Waals surface area contributed by atoms with Crippen LogP contribution in [0.4, 0.5) is 5.13 Å². The molecular formula is C11H14MdN2O2PS-. The summed E-state index contributed by atoms with van der Waals surface area (Å²) in [6.45, 7) is 3.37. The number of furan rings is 1. The van der Waals surface area contributed by atoms with Gasteiger partial charge in [0.1, 0.15) is 12.6 Å². The molecule has 18 heavy (non-hydrogen) atoms. The molecule has 0 atom stereocenters. The van der Waals surface area contributed by atoms with Crippen molar-refractivity contribution in [2.45, 2.75) is 0 Å². The van der Waals surface area contributed by atoms with E-state index in [-0.39, 0.29) is 0 Å². The van der Waals surface area contributed by atoms with Gasteiger partial charge in [-0.2, -0.15) is 0 Å². The maximum atomic E-state index is 11.8. The predicted molar refractivity (Wildman–Crippen MR) is 72.1 cm³/mol. The number of rotatable bonds is 3. The van der Waals surface area contributed by atoms with Crippen LogP contribution in [-0.2, 0) is 4.57 Å². The molecule has 0 N–H and O–H groups in total. The van der Waals surface area contributed by atoms with Crippen LogP contribution < -0.4 is 10.4 Å². The average Bonchev–Trinajstić information content (AvgIpc) is 2.85. The van der Waals surface area contributed by atoms with Crippen LogP contribution in [0.2, 0.25) is 0 Å². The molecule has 0 amide bonds. The Morgan fingerprint density at radius 3 is 2.50 bits per heavy atom. The van der Waals surface area contributed by atoms with Crippen LogP contribution in [0.15, 0.2) is 16.5 Å². The number of anilines is 1. The van der Waals surface area contributed by atoms with Crippen molar-refractivity contribution in [3.8, 4) is 11.5 Å². The third-order valence-electron chi connectivity index (χ3n) is 2.18. The molecule has 2 aromatic heterocycles. The van der Waals surface area contributed by atoms with Gasteiger partial charge in [-0.15, -0.1) is 0 Å². The Morgan fingerprint density at radius 2 is 2.06 bits per heavy atom. The van der Waals surface area contributed by atoms with Crippen LogP contribution in [0.25, 0.3) is 11.5 Å². The molecule has 0 unspecified atom stereocenters. The molecule has 0 aromatic carbocycles. The summed E-state index contributed by atoms with van der Waals surface area (Å²) >= 11 is 1.43. The second-order valence-corrected chi connectivity index (χ2v) is 8.25. The normalized spacial score (nSPS) is 11.1. The Hall–Kier alpha value is -2.06. The Bertz CT molecular complexity index is 573. The zero-order valence-electron chi connectivity index (χ0n) is 10.5. The average molecular weight is 527 g/mol. The summed E-state index contributed by atoms with van der Waals surface area (Å²) in [7, 11) is 1.51. The Balaban J connectivity index is 0.00000162. The summed E-state index contributed by atoms with van der Waals surface area (Å²) < 4.78 is 17.4. The number of hydrogen-bond donors (Lipinski definition) is 0. The molecule has 4 nitrogen and oxygen atoms in total. The van der Waals surface area contributed by atoms with E-state index in [4.69, 9.17) is 4.42 Å². The van der Waals surface area contributed by atoms with Gasteiger partial charge in [0.15, 0.2) is 0 Å². The molecule has 1 radical (unpaired) electrons. The van der Waals surface area contributed by atoms with Crippen LogP contribution in [-0.4, -0.2) is 32.4 Å². The van der Waals surface area contributed by atoms with Crippen molar-refractivity contribution in [3.63, 3.8) is 0 Å². The number of thiazole rings is 1. The minimum Gasteiger partial charge on any atom is -0.511 e. The Morgan fingerprint density at radius 1 is 1.39 bits per heavy atom. The summed E-state index contributed by atoms with van der Waals surface area (Å²) in [5.74, 6) is 0.619. The molecule has 0 aliphatic heterocycles. The topological polar surface area (TPSA) is 46.3 Å². The summed E-state index contributed by atoms with van der Waals surface area (Å²) in [6, 6.07) is 3.54. The maximum absolute atomic E-state index is 11.8. The molecule has 0 bridgehead atoms. The molecule has 105 valence electrons. The van der Waals surface area contributed by atoms with E-state index in [9.17, 15) is 4.57 Å². The summed E-state index contributed by atoms with van der Waals surface area (Å²) in [5.41, 5.74) is 1.19. The molecule has 2 rings (SSSR count). The molecule has 2 aromatic rings. The van der Waals surface area contributed by atoms with Crippen molar-refractivity contribution < 1.29 is 8.98 Å². The standard InChI is InChI=1S/C11H14N2O2PS.Md/c1-13(2)11-12-8(7-17-11)9-5-6-10(15-9)16(3,4)14;/h5-6H,1-4H3;/q-1;.